The fourth-order valence-corrected chi connectivity index (χ4v) is 5.16. The molecule has 3 aromatic heterocycles. The number of nitrogens with zero attached hydrogens (tertiary/aromatic N) is 5. The molecule has 0 amide bonds. The van der Waals surface area contributed by atoms with Gasteiger partial charge >= 0.3 is 0 Å². The fraction of sp³-hybridized carbons (Fsp3) is 0.480. The lowest BCUT2D eigenvalue weighted by molar-refractivity contribution is 0.213. The van der Waals surface area contributed by atoms with Crippen molar-refractivity contribution < 1.29 is 4.74 Å². The number of likely N-dealkylation sites (tertiary alicyclic amines) is 1. The molecule has 0 aliphatic carbocycles. The number of hydrogen-bond donors (Lipinski definition) is 1. The second-order valence-electron chi connectivity index (χ2n) is 9.16. The smallest absolute Gasteiger partial charge is 0.218 e. The largest absolute Gasteiger partial charge is 0.493 e. The first-order valence-corrected chi connectivity index (χ1v) is 11.7. The van der Waals surface area contributed by atoms with Crippen LogP contribution in [-0.4, -0.2) is 56.4 Å². The average molecular weight is 433 g/mol. The third-order valence-electron chi connectivity index (χ3n) is 6.74. The van der Waals surface area contributed by atoms with Crippen LogP contribution in [0.2, 0.25) is 0 Å². The number of fused-ring (bicyclic) bond motifs is 2. The molecule has 7 nitrogen and oxygen atoms in total. The second-order valence-corrected chi connectivity index (χ2v) is 9.16. The summed E-state index contributed by atoms with van der Waals surface area (Å²) in [7, 11) is 1.65. The van der Waals surface area contributed by atoms with Crippen molar-refractivity contribution >= 4 is 16.6 Å². The molecule has 1 fully saturated rings. The second kappa shape index (κ2) is 8.54. The van der Waals surface area contributed by atoms with E-state index in [1.165, 1.54) is 61.7 Å². The van der Waals surface area contributed by atoms with Crippen molar-refractivity contribution in [3.8, 4) is 17.1 Å². The average Bonchev–Trinajstić information content (AvgIpc) is 3.43. The first-order valence-electron chi connectivity index (χ1n) is 11.7. The van der Waals surface area contributed by atoms with Crippen LogP contribution in [0.25, 0.3) is 27.9 Å². The molecule has 1 aromatic carbocycles. The van der Waals surface area contributed by atoms with Crippen molar-refractivity contribution in [3.63, 3.8) is 0 Å². The van der Waals surface area contributed by atoms with Gasteiger partial charge in [0.25, 0.3) is 0 Å². The van der Waals surface area contributed by atoms with Gasteiger partial charge in [-0.25, -0.2) is 4.98 Å². The lowest BCUT2D eigenvalue weighted by atomic mass is 9.87. The predicted octanol–water partition coefficient (Wildman–Crippen LogP) is 4.99. The number of H-pyrrole nitrogens is 1. The predicted molar refractivity (Wildman–Crippen MR) is 127 cm³/mol. The summed E-state index contributed by atoms with van der Waals surface area (Å²) in [6.07, 6.45) is 5.21. The molecule has 1 aliphatic rings. The Morgan fingerprint density at radius 3 is 2.72 bits per heavy atom. The van der Waals surface area contributed by atoms with Crippen LogP contribution in [0.4, 0.5) is 0 Å². The summed E-state index contributed by atoms with van der Waals surface area (Å²) in [5.41, 5.74) is 6.36. The molecule has 0 bridgehead atoms. The number of benzene rings is 1. The van der Waals surface area contributed by atoms with Crippen LogP contribution in [0.3, 0.4) is 0 Å². The van der Waals surface area contributed by atoms with E-state index in [0.717, 1.165) is 16.9 Å². The number of rotatable bonds is 6. The maximum Gasteiger partial charge on any atom is 0.218 e. The Balaban J connectivity index is 1.56. The maximum absolute atomic E-state index is 5.57. The van der Waals surface area contributed by atoms with E-state index in [1.54, 1.807) is 11.7 Å². The quantitative estimate of drug-likeness (QED) is 0.465. The Labute approximate surface area is 188 Å². The summed E-state index contributed by atoms with van der Waals surface area (Å²) in [4.78, 5) is 10.5. The number of nitrogens with one attached hydrogen (secondary N) is 1. The molecule has 7 heteroatoms. The van der Waals surface area contributed by atoms with Crippen molar-refractivity contribution in [3.05, 3.63) is 41.7 Å². The molecule has 32 heavy (non-hydrogen) atoms. The number of ether oxygens (including phenoxy) is 1. The first-order chi connectivity index (χ1) is 15.6. The van der Waals surface area contributed by atoms with E-state index in [9.17, 15) is 0 Å². The monoisotopic (exact) mass is 432 g/mol. The van der Waals surface area contributed by atoms with Crippen LogP contribution in [0.5, 0.6) is 5.75 Å². The molecule has 0 atom stereocenters. The number of piperidine rings is 1. The van der Waals surface area contributed by atoms with Gasteiger partial charge in [-0.2, -0.15) is 0 Å². The molecule has 4 aromatic rings. The SMILES string of the molecule is CCCN1CCC(c2ccc3[nH]c(-c4cc(OC)c5ncnn5n4)c(C(C)C)c3c2)CC1. The van der Waals surface area contributed by atoms with Gasteiger partial charge in [0.2, 0.25) is 5.65 Å². The van der Waals surface area contributed by atoms with Gasteiger partial charge in [-0.15, -0.1) is 14.8 Å². The zero-order valence-electron chi connectivity index (χ0n) is 19.4. The molecule has 1 N–H and O–H groups in total. The highest BCUT2D eigenvalue weighted by Crippen LogP contribution is 2.38. The van der Waals surface area contributed by atoms with Gasteiger partial charge < -0.3 is 14.6 Å². The van der Waals surface area contributed by atoms with E-state index in [1.807, 2.05) is 6.07 Å². The van der Waals surface area contributed by atoms with E-state index in [2.05, 4.69) is 58.9 Å². The summed E-state index contributed by atoms with van der Waals surface area (Å²) >= 11 is 0. The molecular formula is C25H32N6O. The molecule has 168 valence electrons. The fourth-order valence-electron chi connectivity index (χ4n) is 5.16. The van der Waals surface area contributed by atoms with Gasteiger partial charge in [0.05, 0.1) is 12.8 Å². The highest BCUT2D eigenvalue weighted by Gasteiger charge is 2.23. The molecule has 5 rings (SSSR count). The van der Waals surface area contributed by atoms with Gasteiger partial charge in [0.1, 0.15) is 12.0 Å². The third-order valence-corrected chi connectivity index (χ3v) is 6.74. The first kappa shape index (κ1) is 20.9. The van der Waals surface area contributed by atoms with E-state index in [-0.39, 0.29) is 0 Å². The summed E-state index contributed by atoms with van der Waals surface area (Å²) in [6.45, 7) is 10.4. The Bertz CT molecular complexity index is 1230. The minimum Gasteiger partial charge on any atom is -0.493 e. The van der Waals surface area contributed by atoms with Crippen LogP contribution >= 0.6 is 0 Å². The van der Waals surface area contributed by atoms with Gasteiger partial charge in [0, 0.05) is 17.0 Å². The van der Waals surface area contributed by atoms with Crippen molar-refractivity contribution in [1.82, 2.24) is 29.7 Å². The van der Waals surface area contributed by atoms with Crippen molar-refractivity contribution in [2.24, 2.45) is 0 Å². The minimum atomic E-state index is 0.347. The summed E-state index contributed by atoms with van der Waals surface area (Å²) in [5, 5.41) is 10.2. The van der Waals surface area contributed by atoms with Crippen molar-refractivity contribution in [1.29, 1.82) is 0 Å². The van der Waals surface area contributed by atoms with Gasteiger partial charge in [-0.3, -0.25) is 0 Å². The standard InChI is InChI=1S/C25H32N6O/c1-5-10-30-11-8-17(9-12-30)18-6-7-20-19(13-18)23(16(2)3)24(28-20)21-14-22(32-4)25-26-15-27-31(25)29-21/h6-7,13-17,28H,5,8-12H2,1-4H3. The highest BCUT2D eigenvalue weighted by atomic mass is 16.5. The third kappa shape index (κ3) is 3.64. The number of methoxy groups -OCH3 is 1. The Morgan fingerprint density at radius 1 is 1.19 bits per heavy atom. The summed E-state index contributed by atoms with van der Waals surface area (Å²) < 4.78 is 7.11. The maximum atomic E-state index is 5.57. The number of hydrogen-bond acceptors (Lipinski definition) is 5. The molecule has 1 saturated heterocycles. The van der Waals surface area contributed by atoms with Crippen molar-refractivity contribution in [2.45, 2.75) is 51.9 Å². The zero-order chi connectivity index (χ0) is 22.2. The van der Waals surface area contributed by atoms with Crippen LogP contribution in [-0.2, 0) is 0 Å². The van der Waals surface area contributed by atoms with Crippen LogP contribution in [0.15, 0.2) is 30.6 Å². The lowest BCUT2D eigenvalue weighted by Crippen LogP contribution is -2.33. The zero-order valence-corrected chi connectivity index (χ0v) is 19.4. The number of aromatic nitrogens is 5. The minimum absolute atomic E-state index is 0.347. The Hall–Kier alpha value is -2.93. The summed E-state index contributed by atoms with van der Waals surface area (Å²) in [6, 6.07) is 8.91. The van der Waals surface area contributed by atoms with Gasteiger partial charge in [0.15, 0.2) is 5.75 Å². The Kier molecular flexibility index (Phi) is 5.59. The van der Waals surface area contributed by atoms with Crippen LogP contribution in [0.1, 0.15) is 63.0 Å². The van der Waals surface area contributed by atoms with E-state index >= 15 is 0 Å². The molecule has 0 spiro atoms. The molecule has 0 unspecified atom stereocenters. The highest BCUT2D eigenvalue weighted by molar-refractivity contribution is 5.91. The molecule has 0 radical (unpaired) electrons. The number of aromatic amines is 1. The van der Waals surface area contributed by atoms with Gasteiger partial charge in [-0.1, -0.05) is 26.8 Å². The Morgan fingerprint density at radius 2 is 2.00 bits per heavy atom. The molecule has 0 saturated carbocycles. The van der Waals surface area contributed by atoms with E-state index < -0.39 is 0 Å². The van der Waals surface area contributed by atoms with Crippen molar-refractivity contribution in [2.75, 3.05) is 26.7 Å². The van der Waals surface area contributed by atoms with E-state index in [4.69, 9.17) is 9.84 Å². The molecule has 1 aliphatic heterocycles. The molecule has 4 heterocycles. The molecular weight excluding hydrogens is 400 g/mol. The lowest BCUT2D eigenvalue weighted by Gasteiger charge is -2.32. The normalized spacial score (nSPS) is 15.9. The van der Waals surface area contributed by atoms with E-state index in [0.29, 0.717) is 23.2 Å². The topological polar surface area (TPSA) is 71.3 Å². The van der Waals surface area contributed by atoms with Crippen LogP contribution in [0, 0.1) is 0 Å². The van der Waals surface area contributed by atoms with Gasteiger partial charge in [-0.05, 0) is 74.0 Å². The summed E-state index contributed by atoms with van der Waals surface area (Å²) in [5.74, 6) is 1.65. The van der Waals surface area contributed by atoms with Crippen LogP contribution < -0.4 is 4.74 Å².